The second-order valence-corrected chi connectivity index (χ2v) is 7.67. The van der Waals surface area contributed by atoms with Crippen LogP contribution < -0.4 is 0 Å². The summed E-state index contributed by atoms with van der Waals surface area (Å²) in [5.74, 6) is -1.68. The van der Waals surface area contributed by atoms with Crippen LogP contribution in [-0.2, 0) is 14.3 Å². The van der Waals surface area contributed by atoms with Gasteiger partial charge in [0.2, 0.25) is 6.10 Å². The Labute approximate surface area is 170 Å². The van der Waals surface area contributed by atoms with Crippen LogP contribution in [-0.4, -0.2) is 17.0 Å². The molecular formula is C24H38O4. The molecule has 0 heterocycles. The Bertz CT molecular complexity index is 541. The van der Waals surface area contributed by atoms with Crippen LogP contribution in [0.25, 0.3) is 0 Å². The first kappa shape index (κ1) is 24.2. The fourth-order valence-corrected chi connectivity index (χ4v) is 3.47. The molecule has 0 radical (unpaired) electrons. The number of benzene rings is 1. The molecule has 158 valence electrons. The van der Waals surface area contributed by atoms with Crippen molar-refractivity contribution in [2.45, 2.75) is 97.0 Å². The molecule has 1 rings (SSSR count). The zero-order chi connectivity index (χ0) is 20.6. The first-order chi connectivity index (χ1) is 13.6. The van der Waals surface area contributed by atoms with Gasteiger partial charge in [0.1, 0.15) is 0 Å². The smallest absolute Gasteiger partial charge is 0.349 e. The van der Waals surface area contributed by atoms with Crippen LogP contribution in [0, 0.1) is 5.92 Å². The molecule has 0 amide bonds. The highest BCUT2D eigenvalue weighted by Gasteiger charge is 2.28. The van der Waals surface area contributed by atoms with Crippen molar-refractivity contribution >= 4 is 11.9 Å². The fourth-order valence-electron chi connectivity index (χ4n) is 3.47. The summed E-state index contributed by atoms with van der Waals surface area (Å²) in [4.78, 5) is 24.4. The maximum absolute atomic E-state index is 12.8. The summed E-state index contributed by atoms with van der Waals surface area (Å²) in [6.45, 7) is 4.37. The summed E-state index contributed by atoms with van der Waals surface area (Å²) in [6.07, 6.45) is 11.8. The van der Waals surface area contributed by atoms with E-state index in [0.29, 0.717) is 5.56 Å². The van der Waals surface area contributed by atoms with Crippen LogP contribution in [0.15, 0.2) is 30.3 Å². The molecule has 0 aliphatic heterocycles. The van der Waals surface area contributed by atoms with Crippen molar-refractivity contribution in [3.05, 3.63) is 35.9 Å². The van der Waals surface area contributed by atoms with Crippen LogP contribution >= 0.6 is 0 Å². The molecule has 0 aliphatic rings. The summed E-state index contributed by atoms with van der Waals surface area (Å²) in [6, 6.07) is 8.72. The van der Waals surface area contributed by atoms with Crippen molar-refractivity contribution < 1.29 is 19.4 Å². The van der Waals surface area contributed by atoms with Crippen molar-refractivity contribution in [2.24, 2.45) is 5.92 Å². The summed E-state index contributed by atoms with van der Waals surface area (Å²) in [5.41, 5.74) is 0.507. The fraction of sp³-hybridized carbons (Fsp3) is 0.667. The predicted molar refractivity (Wildman–Crippen MR) is 113 cm³/mol. The van der Waals surface area contributed by atoms with E-state index in [1.807, 2.05) is 6.07 Å². The number of ether oxygens (including phenoxy) is 1. The highest BCUT2D eigenvalue weighted by Crippen LogP contribution is 2.25. The molecule has 4 heteroatoms. The van der Waals surface area contributed by atoms with Gasteiger partial charge in [-0.1, -0.05) is 108 Å². The number of carbonyl (C=O) groups excluding carboxylic acids is 1. The van der Waals surface area contributed by atoms with Gasteiger partial charge < -0.3 is 9.84 Å². The van der Waals surface area contributed by atoms with Gasteiger partial charge in [0, 0.05) is 5.56 Å². The molecule has 2 atom stereocenters. The first-order valence-corrected chi connectivity index (χ1v) is 11.1. The Hall–Kier alpha value is -1.84. The molecule has 28 heavy (non-hydrogen) atoms. The van der Waals surface area contributed by atoms with Crippen molar-refractivity contribution in [3.63, 3.8) is 0 Å². The van der Waals surface area contributed by atoms with Crippen LogP contribution in [0.3, 0.4) is 0 Å². The van der Waals surface area contributed by atoms with E-state index < -0.39 is 12.1 Å². The average molecular weight is 391 g/mol. The van der Waals surface area contributed by atoms with Gasteiger partial charge in [-0.25, -0.2) is 4.79 Å². The monoisotopic (exact) mass is 390 g/mol. The topological polar surface area (TPSA) is 63.6 Å². The standard InChI is InChI=1S/C24H38O4/c1-3-5-7-9-10-13-19-21(18-12-8-6-4-2)24(27)28-22(23(25)26)20-16-14-11-15-17-20/h11,14-17,21-22H,3-10,12-13,18-19H2,1-2H3,(H,25,26). The number of hydrogen-bond donors (Lipinski definition) is 1. The number of rotatable bonds is 16. The van der Waals surface area contributed by atoms with Gasteiger partial charge >= 0.3 is 11.9 Å². The highest BCUT2D eigenvalue weighted by atomic mass is 16.6. The summed E-state index contributed by atoms with van der Waals surface area (Å²) >= 11 is 0. The minimum absolute atomic E-state index is 0.200. The van der Waals surface area contributed by atoms with Gasteiger partial charge in [0.15, 0.2) is 0 Å². The predicted octanol–water partition coefficient (Wildman–Crippen LogP) is 6.69. The molecule has 2 unspecified atom stereocenters. The van der Waals surface area contributed by atoms with E-state index in [0.717, 1.165) is 44.9 Å². The highest BCUT2D eigenvalue weighted by molar-refractivity contribution is 5.80. The van der Waals surface area contributed by atoms with E-state index in [4.69, 9.17) is 4.74 Å². The number of esters is 1. The molecule has 0 bridgehead atoms. The van der Waals surface area contributed by atoms with E-state index >= 15 is 0 Å². The molecule has 1 N–H and O–H groups in total. The van der Waals surface area contributed by atoms with Crippen LogP contribution in [0.2, 0.25) is 0 Å². The Morgan fingerprint density at radius 2 is 1.32 bits per heavy atom. The summed E-state index contributed by atoms with van der Waals surface area (Å²) in [5, 5.41) is 9.52. The van der Waals surface area contributed by atoms with Crippen molar-refractivity contribution in [3.8, 4) is 0 Å². The second-order valence-electron chi connectivity index (χ2n) is 7.67. The SMILES string of the molecule is CCCCCCCCC(CCCCCC)C(=O)OC(C(=O)O)c1ccccc1. The normalized spacial score (nSPS) is 13.1. The van der Waals surface area contributed by atoms with Gasteiger partial charge in [0.05, 0.1) is 5.92 Å². The van der Waals surface area contributed by atoms with Gasteiger partial charge in [-0.3, -0.25) is 4.79 Å². The van der Waals surface area contributed by atoms with Crippen molar-refractivity contribution in [2.75, 3.05) is 0 Å². The third-order valence-electron chi connectivity index (χ3n) is 5.21. The lowest BCUT2D eigenvalue weighted by Gasteiger charge is -2.20. The molecule has 1 aromatic rings. The maximum Gasteiger partial charge on any atom is 0.349 e. The Morgan fingerprint density at radius 1 is 0.821 bits per heavy atom. The number of carboxylic acids is 1. The number of carboxylic acid groups (broad SMARTS) is 1. The molecule has 4 nitrogen and oxygen atoms in total. The number of hydrogen-bond acceptors (Lipinski definition) is 3. The van der Waals surface area contributed by atoms with Crippen molar-refractivity contribution in [1.29, 1.82) is 0 Å². The lowest BCUT2D eigenvalue weighted by Crippen LogP contribution is -2.25. The van der Waals surface area contributed by atoms with Gasteiger partial charge in [0.25, 0.3) is 0 Å². The molecule has 0 spiro atoms. The van der Waals surface area contributed by atoms with E-state index in [1.165, 1.54) is 32.1 Å². The lowest BCUT2D eigenvalue weighted by molar-refractivity contribution is -0.168. The minimum Gasteiger partial charge on any atom is -0.478 e. The molecule has 0 aliphatic carbocycles. The van der Waals surface area contributed by atoms with E-state index in [2.05, 4.69) is 13.8 Å². The van der Waals surface area contributed by atoms with Gasteiger partial charge in [-0.15, -0.1) is 0 Å². The number of unbranched alkanes of at least 4 members (excludes halogenated alkanes) is 8. The largest absolute Gasteiger partial charge is 0.478 e. The quantitative estimate of drug-likeness (QED) is 0.252. The molecule has 1 aromatic carbocycles. The zero-order valence-corrected chi connectivity index (χ0v) is 17.7. The molecule has 0 fully saturated rings. The Morgan fingerprint density at radius 3 is 1.86 bits per heavy atom. The van der Waals surface area contributed by atoms with Crippen LogP contribution in [0.4, 0.5) is 0 Å². The zero-order valence-electron chi connectivity index (χ0n) is 17.7. The number of carbonyl (C=O) groups is 2. The molecule has 0 saturated heterocycles. The van der Waals surface area contributed by atoms with Crippen LogP contribution in [0.1, 0.15) is 103 Å². The third-order valence-corrected chi connectivity index (χ3v) is 5.21. The average Bonchev–Trinajstić information content (AvgIpc) is 2.70. The summed E-state index contributed by atoms with van der Waals surface area (Å²) in [7, 11) is 0. The Kier molecular flexibility index (Phi) is 13.1. The molecular weight excluding hydrogens is 352 g/mol. The van der Waals surface area contributed by atoms with E-state index in [-0.39, 0.29) is 11.9 Å². The second kappa shape index (κ2) is 15.1. The van der Waals surface area contributed by atoms with E-state index in [1.54, 1.807) is 24.3 Å². The first-order valence-electron chi connectivity index (χ1n) is 11.1. The molecule has 0 saturated carbocycles. The minimum atomic E-state index is -1.23. The third kappa shape index (κ3) is 9.91. The summed E-state index contributed by atoms with van der Waals surface area (Å²) < 4.78 is 5.47. The van der Waals surface area contributed by atoms with Crippen LogP contribution in [0.5, 0.6) is 0 Å². The van der Waals surface area contributed by atoms with Crippen molar-refractivity contribution in [1.82, 2.24) is 0 Å². The number of aliphatic carboxylic acids is 1. The van der Waals surface area contributed by atoms with Gasteiger partial charge in [-0.05, 0) is 12.8 Å². The van der Waals surface area contributed by atoms with Gasteiger partial charge in [-0.2, -0.15) is 0 Å². The Balaban J connectivity index is 2.63. The maximum atomic E-state index is 12.8. The molecule has 0 aromatic heterocycles. The van der Waals surface area contributed by atoms with E-state index in [9.17, 15) is 14.7 Å². The lowest BCUT2D eigenvalue weighted by atomic mass is 9.94.